The van der Waals surface area contributed by atoms with E-state index in [-0.39, 0.29) is 25.2 Å². The van der Waals surface area contributed by atoms with Gasteiger partial charge >= 0.3 is 0 Å². The van der Waals surface area contributed by atoms with Crippen LogP contribution in [0.2, 0.25) is 0 Å². The minimum absolute atomic E-state index is 0.0769. The maximum Gasteiger partial charge on any atom is 0.264 e. The van der Waals surface area contributed by atoms with Crippen LogP contribution in [0.1, 0.15) is 49.3 Å². The van der Waals surface area contributed by atoms with Crippen LogP contribution in [-0.4, -0.2) is 45.1 Å². The summed E-state index contributed by atoms with van der Waals surface area (Å²) in [7, 11) is 0. The van der Waals surface area contributed by atoms with E-state index in [1.807, 2.05) is 6.07 Å². The zero-order valence-electron chi connectivity index (χ0n) is 17.5. The second-order valence-electron chi connectivity index (χ2n) is 8.23. The zero-order valence-corrected chi connectivity index (χ0v) is 18.3. The van der Waals surface area contributed by atoms with Gasteiger partial charge in [-0.3, -0.25) is 9.36 Å². The Kier molecular flexibility index (Phi) is 6.26. The molecule has 0 radical (unpaired) electrons. The summed E-state index contributed by atoms with van der Waals surface area (Å²) in [6.45, 7) is 4.18. The van der Waals surface area contributed by atoms with Gasteiger partial charge in [0.15, 0.2) is 0 Å². The molecule has 3 aromatic heterocycles. The van der Waals surface area contributed by atoms with Gasteiger partial charge in [-0.15, -0.1) is 11.3 Å². The predicted octanol–water partition coefficient (Wildman–Crippen LogP) is 2.94. The normalized spacial score (nSPS) is 16.3. The van der Waals surface area contributed by atoms with Gasteiger partial charge in [0.1, 0.15) is 10.6 Å². The fraction of sp³-hybridized carbons (Fsp3) is 0.545. The quantitative estimate of drug-likeness (QED) is 0.559. The summed E-state index contributed by atoms with van der Waals surface area (Å²) in [4.78, 5) is 22.4. The molecule has 4 rings (SSSR count). The van der Waals surface area contributed by atoms with Crippen LogP contribution in [0.4, 0.5) is 5.95 Å². The molecule has 0 saturated carbocycles. The van der Waals surface area contributed by atoms with Crippen LogP contribution in [0.3, 0.4) is 0 Å². The van der Waals surface area contributed by atoms with Gasteiger partial charge in [0.25, 0.3) is 5.56 Å². The molecule has 0 saturated heterocycles. The van der Waals surface area contributed by atoms with Crippen LogP contribution in [0.25, 0.3) is 10.2 Å². The van der Waals surface area contributed by atoms with Crippen LogP contribution >= 0.6 is 11.3 Å². The van der Waals surface area contributed by atoms with E-state index < -0.39 is 12.2 Å². The van der Waals surface area contributed by atoms with Crippen molar-refractivity contribution in [2.24, 2.45) is 0 Å². The number of nitrogens with zero attached hydrogens (tertiary/aromatic N) is 3. The molecule has 0 bridgehead atoms. The minimum Gasteiger partial charge on any atom is -0.467 e. The van der Waals surface area contributed by atoms with Crippen LogP contribution < -0.4 is 10.5 Å². The van der Waals surface area contributed by atoms with Crippen molar-refractivity contribution in [3.05, 3.63) is 45.0 Å². The van der Waals surface area contributed by atoms with E-state index in [4.69, 9.17) is 9.40 Å². The SMILES string of the molecule is C[C@H](O)CN(C[C@@H](C)O)c1nc2sc3c(c2c(=O)n1Cc1ccco1)CCCCC3. The molecule has 0 amide bonds. The third-order valence-corrected chi connectivity index (χ3v) is 6.64. The van der Waals surface area contributed by atoms with Gasteiger partial charge in [-0.2, -0.15) is 0 Å². The molecule has 0 unspecified atom stereocenters. The summed E-state index contributed by atoms with van der Waals surface area (Å²) >= 11 is 1.61. The topological polar surface area (TPSA) is 91.7 Å². The number of rotatable bonds is 7. The summed E-state index contributed by atoms with van der Waals surface area (Å²) in [5.74, 6) is 1.12. The number of aryl methyl sites for hydroxylation is 2. The maximum atomic E-state index is 13.7. The summed E-state index contributed by atoms with van der Waals surface area (Å²) in [5, 5.41) is 20.8. The number of anilines is 1. The molecular weight excluding hydrogens is 402 g/mol. The van der Waals surface area contributed by atoms with Gasteiger partial charge in [0.05, 0.1) is 30.4 Å². The molecule has 0 aromatic carbocycles. The molecule has 3 heterocycles. The highest BCUT2D eigenvalue weighted by Gasteiger charge is 2.25. The Balaban J connectivity index is 1.91. The summed E-state index contributed by atoms with van der Waals surface area (Å²) in [6.07, 6.45) is 5.66. The monoisotopic (exact) mass is 431 g/mol. The second-order valence-corrected chi connectivity index (χ2v) is 9.31. The zero-order chi connectivity index (χ0) is 21.3. The number of aromatic nitrogens is 2. The Morgan fingerprint density at radius 2 is 1.93 bits per heavy atom. The smallest absolute Gasteiger partial charge is 0.264 e. The highest BCUT2D eigenvalue weighted by molar-refractivity contribution is 7.18. The van der Waals surface area contributed by atoms with Crippen LogP contribution in [0.15, 0.2) is 27.6 Å². The summed E-state index contributed by atoms with van der Waals surface area (Å²) in [6, 6.07) is 3.63. The number of aliphatic hydroxyl groups excluding tert-OH is 2. The minimum atomic E-state index is -0.631. The van der Waals surface area contributed by atoms with Gasteiger partial charge in [-0.1, -0.05) is 6.42 Å². The molecule has 2 N–H and O–H groups in total. The number of aliphatic hydroxyl groups is 2. The van der Waals surface area contributed by atoms with Gasteiger partial charge in [-0.05, 0) is 57.2 Å². The molecule has 2 atom stereocenters. The molecule has 1 aliphatic carbocycles. The molecule has 3 aromatic rings. The molecule has 0 spiro atoms. The van der Waals surface area contributed by atoms with Gasteiger partial charge in [-0.25, -0.2) is 4.98 Å². The van der Waals surface area contributed by atoms with Gasteiger partial charge < -0.3 is 19.5 Å². The Morgan fingerprint density at radius 3 is 2.60 bits per heavy atom. The number of hydrogen-bond acceptors (Lipinski definition) is 7. The molecule has 0 fully saturated rings. The lowest BCUT2D eigenvalue weighted by molar-refractivity contribution is 0.177. The van der Waals surface area contributed by atoms with Crippen molar-refractivity contribution in [2.75, 3.05) is 18.0 Å². The largest absolute Gasteiger partial charge is 0.467 e. The number of furan rings is 1. The van der Waals surface area contributed by atoms with E-state index >= 15 is 0 Å². The van der Waals surface area contributed by atoms with E-state index in [0.717, 1.165) is 41.5 Å². The highest BCUT2D eigenvalue weighted by Crippen LogP contribution is 2.34. The Hall–Kier alpha value is -2.16. The standard InChI is InChI=1S/C22H29N3O4S/c1-14(26)11-24(12-15(2)27)22-23-20-19(17-8-4-3-5-9-18(17)30-20)21(28)25(22)13-16-7-6-10-29-16/h6-7,10,14-15,26-27H,3-5,8-9,11-13H2,1-2H3/t14-,15+. The highest BCUT2D eigenvalue weighted by atomic mass is 32.1. The molecule has 8 heteroatoms. The van der Waals surface area contributed by atoms with E-state index in [2.05, 4.69) is 0 Å². The van der Waals surface area contributed by atoms with E-state index in [1.165, 1.54) is 11.3 Å². The third kappa shape index (κ3) is 4.31. The molecule has 162 valence electrons. The van der Waals surface area contributed by atoms with E-state index in [9.17, 15) is 15.0 Å². The Bertz CT molecular complexity index is 1040. The first-order chi connectivity index (χ1) is 14.4. The van der Waals surface area contributed by atoms with Crippen molar-refractivity contribution < 1.29 is 14.6 Å². The lowest BCUT2D eigenvalue weighted by atomic mass is 10.1. The number of fused-ring (bicyclic) bond motifs is 3. The van der Waals surface area contributed by atoms with Crippen molar-refractivity contribution in [3.63, 3.8) is 0 Å². The lowest BCUT2D eigenvalue weighted by Crippen LogP contribution is -2.41. The van der Waals surface area contributed by atoms with Crippen molar-refractivity contribution >= 4 is 27.5 Å². The second kappa shape index (κ2) is 8.91. The fourth-order valence-electron chi connectivity index (χ4n) is 4.22. The van der Waals surface area contributed by atoms with Gasteiger partial charge in [0.2, 0.25) is 5.95 Å². The average Bonchev–Trinajstić information content (AvgIpc) is 3.25. The average molecular weight is 432 g/mol. The molecular formula is C22H29N3O4S. The number of thiophene rings is 1. The Labute approximate surface area is 179 Å². The van der Waals surface area contributed by atoms with E-state index in [0.29, 0.717) is 11.7 Å². The first-order valence-electron chi connectivity index (χ1n) is 10.6. The van der Waals surface area contributed by atoms with E-state index in [1.54, 1.807) is 47.0 Å². The Morgan fingerprint density at radius 1 is 1.20 bits per heavy atom. The van der Waals surface area contributed by atoms with Crippen LogP contribution in [0, 0.1) is 0 Å². The predicted molar refractivity (Wildman–Crippen MR) is 119 cm³/mol. The van der Waals surface area contributed by atoms with Crippen LogP contribution in [-0.2, 0) is 19.4 Å². The maximum absolute atomic E-state index is 13.7. The summed E-state index contributed by atoms with van der Waals surface area (Å²) in [5.41, 5.74) is 1.08. The summed E-state index contributed by atoms with van der Waals surface area (Å²) < 4.78 is 7.14. The van der Waals surface area contributed by atoms with Gasteiger partial charge in [0, 0.05) is 18.0 Å². The van der Waals surface area contributed by atoms with Crippen molar-refractivity contribution in [2.45, 2.75) is 64.7 Å². The first-order valence-corrected chi connectivity index (χ1v) is 11.4. The van der Waals surface area contributed by atoms with Crippen LogP contribution in [0.5, 0.6) is 0 Å². The first kappa shape index (κ1) is 21.1. The third-order valence-electron chi connectivity index (χ3n) is 5.45. The number of hydrogen-bond donors (Lipinski definition) is 2. The molecule has 7 nitrogen and oxygen atoms in total. The molecule has 1 aliphatic rings. The van der Waals surface area contributed by atoms with Crippen molar-refractivity contribution in [3.8, 4) is 0 Å². The van der Waals surface area contributed by atoms with Crippen molar-refractivity contribution in [1.82, 2.24) is 9.55 Å². The molecule has 0 aliphatic heterocycles. The molecule has 30 heavy (non-hydrogen) atoms. The lowest BCUT2D eigenvalue weighted by Gasteiger charge is -2.28. The fourth-order valence-corrected chi connectivity index (χ4v) is 5.47. The van der Waals surface area contributed by atoms with Crippen molar-refractivity contribution in [1.29, 1.82) is 0 Å².